The molecule has 2 N–H and O–H groups in total. The van der Waals surface area contributed by atoms with Crippen LogP contribution in [-0.2, 0) is 9.59 Å². The fourth-order valence-electron chi connectivity index (χ4n) is 4.33. The van der Waals surface area contributed by atoms with E-state index in [9.17, 15) is 9.59 Å². The second-order valence-electron chi connectivity index (χ2n) is 8.15. The number of carbonyl (C=O) groups is 2. The largest absolute Gasteiger partial charge is 0.352 e. The maximum atomic E-state index is 12.6. The fraction of sp³-hybridized carbons (Fsp3) is 0.895. The predicted octanol–water partition coefficient (Wildman–Crippen LogP) is 1.25. The summed E-state index contributed by atoms with van der Waals surface area (Å²) in [6.45, 7) is 7.82. The van der Waals surface area contributed by atoms with Crippen molar-refractivity contribution in [3.05, 3.63) is 0 Å². The van der Waals surface area contributed by atoms with Crippen molar-refractivity contribution in [1.82, 2.24) is 20.4 Å². The van der Waals surface area contributed by atoms with E-state index in [4.69, 9.17) is 0 Å². The minimum absolute atomic E-state index is 0. The van der Waals surface area contributed by atoms with Gasteiger partial charge in [-0.25, -0.2) is 0 Å². The van der Waals surface area contributed by atoms with Crippen molar-refractivity contribution >= 4 is 24.2 Å². The van der Waals surface area contributed by atoms with Crippen LogP contribution in [0.15, 0.2) is 0 Å². The maximum Gasteiger partial charge on any atom is 0.234 e. The quantitative estimate of drug-likeness (QED) is 0.763. The van der Waals surface area contributed by atoms with Gasteiger partial charge in [-0.05, 0) is 57.5 Å². The highest BCUT2D eigenvalue weighted by atomic mass is 35.5. The van der Waals surface area contributed by atoms with Gasteiger partial charge >= 0.3 is 0 Å². The van der Waals surface area contributed by atoms with Crippen molar-refractivity contribution in [3.8, 4) is 0 Å². The highest BCUT2D eigenvalue weighted by molar-refractivity contribution is 5.85. The summed E-state index contributed by atoms with van der Waals surface area (Å²) >= 11 is 0. The van der Waals surface area contributed by atoms with Crippen molar-refractivity contribution in [2.75, 3.05) is 45.8 Å². The standard InChI is InChI=1S/C19H34N4O2.ClH/c1-15-2-4-17(5-3-15)21-18(24)14-22-10-12-23(13-11-22)19(25)16-6-8-20-9-7-16;/h15-17,20H,2-14H2,1H3,(H,21,24);1H. The molecule has 0 aromatic carbocycles. The van der Waals surface area contributed by atoms with Gasteiger partial charge in [0.25, 0.3) is 0 Å². The highest BCUT2D eigenvalue weighted by Crippen LogP contribution is 2.23. The zero-order valence-electron chi connectivity index (χ0n) is 16.0. The summed E-state index contributed by atoms with van der Waals surface area (Å²) in [7, 11) is 0. The van der Waals surface area contributed by atoms with Crippen molar-refractivity contribution in [1.29, 1.82) is 0 Å². The van der Waals surface area contributed by atoms with Gasteiger partial charge in [0.1, 0.15) is 0 Å². The number of halogens is 1. The van der Waals surface area contributed by atoms with Crippen LogP contribution < -0.4 is 10.6 Å². The first-order valence-electron chi connectivity index (χ1n) is 10.1. The molecule has 2 heterocycles. The van der Waals surface area contributed by atoms with Crippen LogP contribution in [0.1, 0.15) is 45.4 Å². The Balaban J connectivity index is 0.00000243. The van der Waals surface area contributed by atoms with Crippen molar-refractivity contribution in [2.24, 2.45) is 11.8 Å². The molecular weight excluding hydrogens is 352 g/mol. The van der Waals surface area contributed by atoms with Crippen LogP contribution in [-0.4, -0.2) is 73.5 Å². The molecule has 3 fully saturated rings. The normalized spacial score (nSPS) is 28.3. The molecule has 0 radical (unpaired) electrons. The van der Waals surface area contributed by atoms with E-state index in [1.54, 1.807) is 0 Å². The number of amides is 2. The third kappa shape index (κ3) is 6.10. The lowest BCUT2D eigenvalue weighted by molar-refractivity contribution is -0.138. The van der Waals surface area contributed by atoms with Gasteiger partial charge in [-0.1, -0.05) is 6.92 Å². The molecule has 2 amide bonds. The van der Waals surface area contributed by atoms with E-state index in [0.717, 1.165) is 70.9 Å². The topological polar surface area (TPSA) is 64.7 Å². The SMILES string of the molecule is CC1CCC(NC(=O)CN2CCN(C(=O)C3CCNCC3)CC2)CC1.Cl. The Hall–Kier alpha value is -0.850. The monoisotopic (exact) mass is 386 g/mol. The van der Waals surface area contributed by atoms with Crippen LogP contribution in [0, 0.1) is 11.8 Å². The second kappa shape index (κ2) is 10.5. The number of nitrogens with one attached hydrogen (secondary N) is 2. The lowest BCUT2D eigenvalue weighted by atomic mass is 9.87. The molecule has 1 saturated carbocycles. The first-order valence-corrected chi connectivity index (χ1v) is 10.1. The van der Waals surface area contributed by atoms with E-state index >= 15 is 0 Å². The van der Waals surface area contributed by atoms with E-state index in [2.05, 4.69) is 22.5 Å². The number of nitrogens with zero attached hydrogens (tertiary/aromatic N) is 2. The smallest absolute Gasteiger partial charge is 0.234 e. The number of piperazine rings is 1. The Morgan fingerprint density at radius 3 is 2.19 bits per heavy atom. The van der Waals surface area contributed by atoms with Gasteiger partial charge in [0.15, 0.2) is 0 Å². The van der Waals surface area contributed by atoms with Crippen molar-refractivity contribution in [2.45, 2.75) is 51.5 Å². The highest BCUT2D eigenvalue weighted by Gasteiger charge is 2.29. The molecule has 0 bridgehead atoms. The molecule has 150 valence electrons. The van der Waals surface area contributed by atoms with Crippen LogP contribution in [0.25, 0.3) is 0 Å². The molecule has 6 nitrogen and oxygen atoms in total. The zero-order chi connectivity index (χ0) is 17.6. The van der Waals surface area contributed by atoms with Crippen LogP contribution in [0.3, 0.4) is 0 Å². The van der Waals surface area contributed by atoms with Crippen molar-refractivity contribution in [3.63, 3.8) is 0 Å². The Kier molecular flexibility index (Phi) is 8.64. The average Bonchev–Trinajstić information content (AvgIpc) is 2.64. The third-order valence-electron chi connectivity index (χ3n) is 6.12. The van der Waals surface area contributed by atoms with E-state index in [0.29, 0.717) is 18.5 Å². The number of piperidine rings is 1. The van der Waals surface area contributed by atoms with Crippen LogP contribution in [0.5, 0.6) is 0 Å². The van der Waals surface area contributed by atoms with Gasteiger partial charge in [0.05, 0.1) is 6.54 Å². The summed E-state index contributed by atoms with van der Waals surface area (Å²) < 4.78 is 0. The van der Waals surface area contributed by atoms with Crippen LogP contribution >= 0.6 is 12.4 Å². The first-order chi connectivity index (χ1) is 12.1. The van der Waals surface area contributed by atoms with E-state index in [-0.39, 0.29) is 24.2 Å². The van der Waals surface area contributed by atoms with Gasteiger partial charge in [0.2, 0.25) is 11.8 Å². The molecule has 2 saturated heterocycles. The van der Waals surface area contributed by atoms with E-state index in [1.165, 1.54) is 12.8 Å². The summed E-state index contributed by atoms with van der Waals surface area (Å²) in [5, 5.41) is 6.52. The molecule has 7 heteroatoms. The minimum Gasteiger partial charge on any atom is -0.352 e. The molecule has 0 unspecified atom stereocenters. The van der Waals surface area contributed by atoms with Gasteiger partial charge in [-0.15, -0.1) is 12.4 Å². The first kappa shape index (κ1) is 21.5. The van der Waals surface area contributed by atoms with Crippen LogP contribution in [0.2, 0.25) is 0 Å². The Labute approximate surface area is 163 Å². The average molecular weight is 387 g/mol. The molecule has 2 aliphatic heterocycles. The number of rotatable bonds is 4. The lowest BCUT2D eigenvalue weighted by Gasteiger charge is -2.37. The zero-order valence-corrected chi connectivity index (χ0v) is 16.9. The van der Waals surface area contributed by atoms with Gasteiger partial charge in [0, 0.05) is 38.1 Å². The molecule has 26 heavy (non-hydrogen) atoms. The summed E-state index contributed by atoms with van der Waals surface area (Å²) in [5.74, 6) is 1.48. The minimum atomic E-state index is 0. The third-order valence-corrected chi connectivity index (χ3v) is 6.12. The molecule has 1 aliphatic carbocycles. The molecule has 3 rings (SSSR count). The van der Waals surface area contributed by atoms with Crippen molar-refractivity contribution < 1.29 is 9.59 Å². The molecule has 0 atom stereocenters. The van der Waals surface area contributed by atoms with E-state index in [1.807, 2.05) is 4.90 Å². The predicted molar refractivity (Wildman–Crippen MR) is 105 cm³/mol. The molecular formula is C19H35ClN4O2. The van der Waals surface area contributed by atoms with E-state index < -0.39 is 0 Å². The number of hydrogen-bond acceptors (Lipinski definition) is 4. The molecule has 0 aromatic heterocycles. The van der Waals surface area contributed by atoms with Gasteiger partial charge in [-0.2, -0.15) is 0 Å². The molecule has 0 aromatic rings. The molecule has 3 aliphatic rings. The maximum absolute atomic E-state index is 12.6. The number of carbonyl (C=O) groups excluding carboxylic acids is 2. The fourth-order valence-corrected chi connectivity index (χ4v) is 4.33. The lowest BCUT2D eigenvalue weighted by Crippen LogP contribution is -2.53. The van der Waals surface area contributed by atoms with Crippen LogP contribution in [0.4, 0.5) is 0 Å². The number of hydrogen-bond donors (Lipinski definition) is 2. The Morgan fingerprint density at radius 1 is 0.962 bits per heavy atom. The second-order valence-corrected chi connectivity index (χ2v) is 8.15. The summed E-state index contributed by atoms with van der Waals surface area (Å²) in [4.78, 5) is 29.0. The Bertz CT molecular complexity index is 454. The molecule has 0 spiro atoms. The summed E-state index contributed by atoms with van der Waals surface area (Å²) in [6, 6.07) is 0.367. The van der Waals surface area contributed by atoms with Gasteiger partial charge < -0.3 is 15.5 Å². The van der Waals surface area contributed by atoms with Gasteiger partial charge in [-0.3, -0.25) is 14.5 Å². The summed E-state index contributed by atoms with van der Waals surface area (Å²) in [5.41, 5.74) is 0. The summed E-state index contributed by atoms with van der Waals surface area (Å²) in [6.07, 6.45) is 6.60. The Morgan fingerprint density at radius 2 is 1.58 bits per heavy atom.